The summed E-state index contributed by atoms with van der Waals surface area (Å²) in [5.41, 5.74) is 3.28. The number of hydrogen-bond acceptors (Lipinski definition) is 12. The highest BCUT2D eigenvalue weighted by molar-refractivity contribution is 6.23. The van der Waals surface area contributed by atoms with E-state index in [0.717, 1.165) is 27.0 Å². The molecular weight excluding hydrogens is 684 g/mol. The van der Waals surface area contributed by atoms with Crippen LogP contribution in [0.15, 0.2) is 66.0 Å². The van der Waals surface area contributed by atoms with Gasteiger partial charge in [-0.3, -0.25) is 48.8 Å². The summed E-state index contributed by atoms with van der Waals surface area (Å²) in [7, 11) is 6.91. The topological polar surface area (TPSA) is 180 Å². The summed E-state index contributed by atoms with van der Waals surface area (Å²) in [5.74, 6) is -0.658. The molecule has 16 heteroatoms. The lowest BCUT2D eigenvalue weighted by Gasteiger charge is -2.27. The molecule has 53 heavy (non-hydrogen) atoms. The van der Waals surface area contributed by atoms with Gasteiger partial charge in [-0.05, 0) is 60.8 Å². The number of benzene rings is 2. The first kappa shape index (κ1) is 35.0. The minimum absolute atomic E-state index is 0.0453. The van der Waals surface area contributed by atoms with Crippen LogP contribution in [-0.2, 0) is 36.3 Å². The van der Waals surface area contributed by atoms with Gasteiger partial charge in [0.25, 0.3) is 17.4 Å². The van der Waals surface area contributed by atoms with E-state index in [0.29, 0.717) is 48.0 Å². The van der Waals surface area contributed by atoms with Gasteiger partial charge in [-0.15, -0.1) is 5.10 Å². The third kappa shape index (κ3) is 6.71. The molecule has 2 aromatic carbocycles. The van der Waals surface area contributed by atoms with Crippen molar-refractivity contribution in [3.05, 3.63) is 93.9 Å². The van der Waals surface area contributed by atoms with Gasteiger partial charge in [0, 0.05) is 50.7 Å². The number of pyridine rings is 2. The van der Waals surface area contributed by atoms with Crippen LogP contribution in [0.4, 0.5) is 0 Å². The van der Waals surface area contributed by atoms with Gasteiger partial charge in [-0.25, -0.2) is 0 Å². The van der Waals surface area contributed by atoms with Crippen molar-refractivity contribution in [2.24, 2.45) is 7.05 Å². The predicted molar refractivity (Wildman–Crippen MR) is 189 cm³/mol. The number of piperidine rings is 1. The van der Waals surface area contributed by atoms with Crippen molar-refractivity contribution >= 4 is 34.4 Å². The number of carbonyl (C=O) groups excluding carboxylic acids is 4. The third-order valence-electron chi connectivity index (χ3n) is 9.43. The van der Waals surface area contributed by atoms with Crippen LogP contribution in [0.25, 0.3) is 21.9 Å². The first-order valence-electron chi connectivity index (χ1n) is 16.8. The first-order chi connectivity index (χ1) is 25.6. The van der Waals surface area contributed by atoms with Crippen LogP contribution in [0.3, 0.4) is 0 Å². The Morgan fingerprint density at radius 1 is 0.925 bits per heavy atom. The number of fused-ring (bicyclic) bond motifs is 2. The second-order valence-electron chi connectivity index (χ2n) is 12.9. The summed E-state index contributed by atoms with van der Waals surface area (Å²) in [6.07, 6.45) is 6.93. The quantitative estimate of drug-likeness (QED) is 0.186. The predicted octanol–water partition coefficient (Wildman–Crippen LogP) is 2.32. The maximum Gasteiger partial charge on any atom is 0.262 e. The molecule has 0 radical (unpaired) electrons. The Hall–Kier alpha value is -6.42. The number of aromatic nitrogens is 5. The molecule has 1 fully saturated rings. The van der Waals surface area contributed by atoms with Crippen molar-refractivity contribution in [1.82, 2.24) is 39.7 Å². The Labute approximate surface area is 302 Å². The Morgan fingerprint density at radius 2 is 1.68 bits per heavy atom. The van der Waals surface area contributed by atoms with E-state index in [9.17, 15) is 24.0 Å². The Kier molecular flexibility index (Phi) is 9.45. The lowest BCUT2D eigenvalue weighted by molar-refractivity contribution is -0.136. The number of carbonyl (C=O) groups is 4. The summed E-state index contributed by atoms with van der Waals surface area (Å²) >= 11 is 0. The molecular formula is C37H36N8O8. The van der Waals surface area contributed by atoms with Gasteiger partial charge in [0.2, 0.25) is 11.8 Å². The smallest absolute Gasteiger partial charge is 0.262 e. The van der Waals surface area contributed by atoms with E-state index in [2.05, 4.69) is 25.5 Å². The fourth-order valence-corrected chi connectivity index (χ4v) is 6.67. The molecule has 5 heterocycles. The second-order valence-corrected chi connectivity index (χ2v) is 12.9. The molecule has 0 aliphatic carbocycles. The molecule has 272 valence electrons. The monoisotopic (exact) mass is 720 g/mol. The Balaban J connectivity index is 0.980. The number of hydrogen-bond donors (Lipinski definition) is 1. The van der Waals surface area contributed by atoms with Crippen LogP contribution in [0.1, 0.15) is 44.8 Å². The van der Waals surface area contributed by atoms with Crippen LogP contribution in [0.5, 0.6) is 17.2 Å². The molecule has 3 aromatic heterocycles. The highest BCUT2D eigenvalue weighted by atomic mass is 16.5. The molecule has 4 amide bonds. The third-order valence-corrected chi connectivity index (χ3v) is 9.43. The number of ether oxygens (including phenoxy) is 3. The van der Waals surface area contributed by atoms with Gasteiger partial charge in [-0.2, -0.15) is 0 Å². The summed E-state index contributed by atoms with van der Waals surface area (Å²) in [6, 6.07) is 9.21. The molecule has 1 N–H and O–H groups in total. The SMILES string of the molecule is COc1cc(-c2cn(C)c(=O)c3cnccc23)cc(OC)c1CN(C)CCn1cc(COc2ccc3c(c2)C(=O)N(C2CCC(=O)NC2=O)C3=O)nn1. The number of nitrogens with one attached hydrogen (secondary N) is 1. The van der Waals surface area contributed by atoms with Gasteiger partial charge in [0.1, 0.15) is 35.6 Å². The maximum absolute atomic E-state index is 13.1. The minimum Gasteiger partial charge on any atom is -0.496 e. The zero-order valence-corrected chi connectivity index (χ0v) is 29.5. The highest BCUT2D eigenvalue weighted by Gasteiger charge is 2.44. The highest BCUT2D eigenvalue weighted by Crippen LogP contribution is 2.38. The minimum atomic E-state index is -1.04. The summed E-state index contributed by atoms with van der Waals surface area (Å²) < 4.78 is 20.8. The van der Waals surface area contributed by atoms with Crippen molar-refractivity contribution < 1.29 is 33.4 Å². The fraction of sp³-hybridized carbons (Fsp3) is 0.297. The van der Waals surface area contributed by atoms with Crippen LogP contribution in [0.2, 0.25) is 0 Å². The molecule has 2 aliphatic rings. The molecule has 1 saturated heterocycles. The molecule has 1 unspecified atom stereocenters. The molecule has 16 nitrogen and oxygen atoms in total. The number of likely N-dealkylation sites (N-methyl/N-ethyl adjacent to an activating group) is 1. The normalized spacial score (nSPS) is 15.6. The second kappa shape index (κ2) is 14.3. The molecule has 5 aromatic rings. The first-order valence-corrected chi connectivity index (χ1v) is 16.8. The lowest BCUT2D eigenvalue weighted by Crippen LogP contribution is -2.54. The van der Waals surface area contributed by atoms with E-state index >= 15 is 0 Å². The van der Waals surface area contributed by atoms with Crippen LogP contribution in [0, 0.1) is 0 Å². The van der Waals surface area contributed by atoms with Crippen molar-refractivity contribution in [2.45, 2.75) is 38.6 Å². The summed E-state index contributed by atoms with van der Waals surface area (Å²) in [6.45, 7) is 1.71. The van der Waals surface area contributed by atoms with E-state index in [1.165, 1.54) is 12.1 Å². The number of rotatable bonds is 12. The van der Waals surface area contributed by atoms with Gasteiger partial charge >= 0.3 is 0 Å². The van der Waals surface area contributed by atoms with E-state index in [1.54, 1.807) is 61.4 Å². The average molecular weight is 721 g/mol. The van der Waals surface area contributed by atoms with Gasteiger partial charge < -0.3 is 18.8 Å². The fourth-order valence-electron chi connectivity index (χ4n) is 6.67. The maximum atomic E-state index is 13.1. The summed E-state index contributed by atoms with van der Waals surface area (Å²) in [5, 5.41) is 11.9. The van der Waals surface area contributed by atoms with Gasteiger partial charge in [0.05, 0.1) is 49.0 Å². The van der Waals surface area contributed by atoms with Crippen LogP contribution < -0.4 is 25.1 Å². The number of methoxy groups -OCH3 is 2. The van der Waals surface area contributed by atoms with E-state index < -0.39 is 29.7 Å². The molecule has 1 atom stereocenters. The van der Waals surface area contributed by atoms with Crippen molar-refractivity contribution in [2.75, 3.05) is 27.8 Å². The Morgan fingerprint density at radius 3 is 2.42 bits per heavy atom. The van der Waals surface area contributed by atoms with Crippen molar-refractivity contribution in [1.29, 1.82) is 0 Å². The molecule has 0 bridgehead atoms. The van der Waals surface area contributed by atoms with E-state index in [-0.39, 0.29) is 36.1 Å². The largest absolute Gasteiger partial charge is 0.496 e. The van der Waals surface area contributed by atoms with E-state index in [4.69, 9.17) is 14.2 Å². The van der Waals surface area contributed by atoms with Crippen molar-refractivity contribution in [3.8, 4) is 28.4 Å². The van der Waals surface area contributed by atoms with Gasteiger partial charge in [0.15, 0.2) is 0 Å². The summed E-state index contributed by atoms with van der Waals surface area (Å²) in [4.78, 5) is 69.9. The molecule has 2 aliphatic heterocycles. The molecule has 7 rings (SSSR count). The lowest BCUT2D eigenvalue weighted by atomic mass is 9.99. The zero-order valence-electron chi connectivity index (χ0n) is 29.5. The number of amides is 4. The standard InChI is InChI=1S/C37H36N8O8/c1-42(18-29-31(51-3)13-21(14-32(29)52-4)28-19-43(2)35(48)27-16-38-10-9-24(27)28)11-12-44-17-22(40-41-44)20-53-23-5-6-25-26(15-23)37(50)45(36(25)49)30-7-8-33(46)39-34(30)47/h5-6,9-10,13-17,19,30H,7-8,11-12,18,20H2,1-4H3,(H,39,46,47). The Bertz CT molecular complexity index is 2330. The van der Waals surface area contributed by atoms with Crippen molar-refractivity contribution in [3.63, 3.8) is 0 Å². The zero-order chi connectivity index (χ0) is 37.4. The molecule has 0 spiro atoms. The number of imide groups is 2. The van der Waals surface area contributed by atoms with E-state index in [1.807, 2.05) is 25.2 Å². The van der Waals surface area contributed by atoms with Crippen LogP contribution in [-0.4, -0.2) is 91.8 Å². The average Bonchev–Trinajstić information content (AvgIpc) is 3.72. The number of nitrogens with zero attached hydrogens (tertiary/aromatic N) is 7. The number of aryl methyl sites for hydroxylation is 1. The van der Waals surface area contributed by atoms with Crippen LogP contribution >= 0.6 is 0 Å². The molecule has 0 saturated carbocycles. The van der Waals surface area contributed by atoms with Gasteiger partial charge in [-0.1, -0.05) is 5.21 Å².